The number of carboxylic acid groups (broad SMARTS) is 1. The van der Waals surface area contributed by atoms with E-state index in [9.17, 15) is 9.59 Å². The number of carbonyl (C=O) groups excluding carboxylic acids is 1. The van der Waals surface area contributed by atoms with Crippen molar-refractivity contribution in [3.05, 3.63) is 0 Å². The average Bonchev–Trinajstić information content (AvgIpc) is 2.26. The first-order valence-corrected chi connectivity index (χ1v) is 5.45. The molecule has 0 spiro atoms. The quantitative estimate of drug-likeness (QED) is 0.653. The molecule has 0 bridgehead atoms. The summed E-state index contributed by atoms with van der Waals surface area (Å²) < 4.78 is 5.39. The lowest BCUT2D eigenvalue weighted by Gasteiger charge is -2.26. The van der Waals surface area contributed by atoms with Gasteiger partial charge in [-0.05, 0) is 6.92 Å². The zero-order chi connectivity index (χ0) is 12.0. The maximum Gasteiger partial charge on any atom is 0.323 e. The van der Waals surface area contributed by atoms with E-state index in [0.717, 1.165) is 6.54 Å². The molecular weight excluding hydrogens is 212 g/mol. The molecule has 1 heterocycles. The predicted octanol–water partition coefficient (Wildman–Crippen LogP) is -0.702. The van der Waals surface area contributed by atoms with Gasteiger partial charge in [-0.15, -0.1) is 0 Å². The minimum Gasteiger partial charge on any atom is -0.480 e. The van der Waals surface area contributed by atoms with E-state index in [1.807, 2.05) is 0 Å². The van der Waals surface area contributed by atoms with Crippen LogP contribution in [0.15, 0.2) is 0 Å². The number of nitrogens with one attached hydrogen (secondary N) is 1. The Balaban J connectivity index is 2.38. The Morgan fingerprint density at radius 2 is 2.31 bits per heavy atom. The molecule has 92 valence electrons. The highest BCUT2D eigenvalue weighted by Gasteiger charge is 2.21. The second-order valence-electron chi connectivity index (χ2n) is 3.70. The molecule has 1 saturated heterocycles. The largest absolute Gasteiger partial charge is 0.480 e. The summed E-state index contributed by atoms with van der Waals surface area (Å²) in [6, 6.07) is 0. The molecule has 0 aromatic heterocycles. The Morgan fingerprint density at radius 3 is 2.81 bits per heavy atom. The van der Waals surface area contributed by atoms with Crippen LogP contribution < -0.4 is 5.32 Å². The number of amides is 1. The van der Waals surface area contributed by atoms with Crippen molar-refractivity contribution >= 4 is 11.9 Å². The second kappa shape index (κ2) is 6.44. The Morgan fingerprint density at radius 1 is 1.56 bits per heavy atom. The van der Waals surface area contributed by atoms with Crippen LogP contribution in [0, 0.1) is 0 Å². The van der Waals surface area contributed by atoms with E-state index in [1.54, 1.807) is 6.92 Å². The monoisotopic (exact) mass is 230 g/mol. The molecule has 1 atom stereocenters. The molecule has 0 aliphatic carbocycles. The SMILES string of the molecule is CCN(CC(=O)O)C(=O)CC1CNCCO1. The van der Waals surface area contributed by atoms with Gasteiger partial charge in [0.25, 0.3) is 0 Å². The van der Waals surface area contributed by atoms with Crippen molar-refractivity contribution < 1.29 is 19.4 Å². The zero-order valence-corrected chi connectivity index (χ0v) is 9.44. The number of rotatable bonds is 5. The summed E-state index contributed by atoms with van der Waals surface area (Å²) in [5.74, 6) is -1.16. The number of ether oxygens (including phenoxy) is 1. The molecule has 1 aliphatic rings. The number of hydrogen-bond donors (Lipinski definition) is 2. The molecule has 6 nitrogen and oxygen atoms in total. The summed E-state index contributed by atoms with van der Waals surface area (Å²) in [5.41, 5.74) is 0. The van der Waals surface area contributed by atoms with Crippen LogP contribution in [0.1, 0.15) is 13.3 Å². The summed E-state index contributed by atoms with van der Waals surface area (Å²) in [6.07, 6.45) is 0.109. The van der Waals surface area contributed by atoms with Gasteiger partial charge in [-0.2, -0.15) is 0 Å². The summed E-state index contributed by atoms with van der Waals surface area (Å²) in [5, 5.41) is 11.8. The molecule has 6 heteroatoms. The highest BCUT2D eigenvalue weighted by Crippen LogP contribution is 2.04. The van der Waals surface area contributed by atoms with Crippen LogP contribution >= 0.6 is 0 Å². The lowest BCUT2D eigenvalue weighted by molar-refractivity contribution is -0.145. The van der Waals surface area contributed by atoms with Gasteiger partial charge in [0.15, 0.2) is 0 Å². The molecule has 1 unspecified atom stereocenters. The summed E-state index contributed by atoms with van der Waals surface area (Å²) in [7, 11) is 0. The summed E-state index contributed by atoms with van der Waals surface area (Å²) >= 11 is 0. The van der Waals surface area contributed by atoms with Crippen LogP contribution in [-0.4, -0.2) is 60.8 Å². The topological polar surface area (TPSA) is 78.9 Å². The standard InChI is InChI=1S/C10H18N2O4/c1-2-12(7-10(14)15)9(13)5-8-6-11-3-4-16-8/h8,11H,2-7H2,1H3,(H,14,15). The third kappa shape index (κ3) is 4.16. The van der Waals surface area contributed by atoms with Crippen LogP contribution in [0.5, 0.6) is 0 Å². The highest BCUT2D eigenvalue weighted by atomic mass is 16.5. The predicted molar refractivity (Wildman–Crippen MR) is 57.1 cm³/mol. The Kier molecular flexibility index (Phi) is 5.21. The lowest BCUT2D eigenvalue weighted by atomic mass is 10.2. The van der Waals surface area contributed by atoms with Gasteiger partial charge in [0, 0.05) is 19.6 Å². The van der Waals surface area contributed by atoms with Gasteiger partial charge in [-0.25, -0.2) is 0 Å². The maximum absolute atomic E-state index is 11.7. The van der Waals surface area contributed by atoms with E-state index >= 15 is 0 Å². The third-order valence-electron chi connectivity index (χ3n) is 2.47. The number of morpholine rings is 1. The van der Waals surface area contributed by atoms with Crippen molar-refractivity contribution in [1.82, 2.24) is 10.2 Å². The van der Waals surface area contributed by atoms with Gasteiger partial charge in [0.05, 0.1) is 19.1 Å². The minimum atomic E-state index is -0.988. The maximum atomic E-state index is 11.7. The normalized spacial score (nSPS) is 20.4. The van der Waals surface area contributed by atoms with Crippen molar-refractivity contribution in [2.45, 2.75) is 19.4 Å². The van der Waals surface area contributed by atoms with Crippen molar-refractivity contribution in [3.8, 4) is 0 Å². The Hall–Kier alpha value is -1.14. The van der Waals surface area contributed by atoms with E-state index in [2.05, 4.69) is 5.32 Å². The van der Waals surface area contributed by atoms with Crippen LogP contribution in [0.25, 0.3) is 0 Å². The number of carboxylic acids is 1. The van der Waals surface area contributed by atoms with E-state index in [4.69, 9.17) is 9.84 Å². The number of nitrogens with zero attached hydrogens (tertiary/aromatic N) is 1. The molecule has 2 N–H and O–H groups in total. The first kappa shape index (κ1) is 12.9. The van der Waals surface area contributed by atoms with Crippen LogP contribution in [-0.2, 0) is 14.3 Å². The van der Waals surface area contributed by atoms with Crippen molar-refractivity contribution in [2.75, 3.05) is 32.8 Å². The van der Waals surface area contributed by atoms with Crippen LogP contribution in [0.2, 0.25) is 0 Å². The van der Waals surface area contributed by atoms with Crippen LogP contribution in [0.3, 0.4) is 0 Å². The third-order valence-corrected chi connectivity index (χ3v) is 2.47. The molecule has 1 rings (SSSR count). The van der Waals surface area contributed by atoms with Crippen molar-refractivity contribution in [2.24, 2.45) is 0 Å². The fourth-order valence-electron chi connectivity index (χ4n) is 1.61. The lowest BCUT2D eigenvalue weighted by Crippen LogP contribution is -2.43. The van der Waals surface area contributed by atoms with Crippen molar-refractivity contribution in [3.63, 3.8) is 0 Å². The first-order chi connectivity index (χ1) is 7.63. The number of hydrogen-bond acceptors (Lipinski definition) is 4. The zero-order valence-electron chi connectivity index (χ0n) is 9.44. The van der Waals surface area contributed by atoms with Gasteiger partial charge in [-0.1, -0.05) is 0 Å². The average molecular weight is 230 g/mol. The number of likely N-dealkylation sites (N-methyl/N-ethyl adjacent to an activating group) is 1. The fraction of sp³-hybridized carbons (Fsp3) is 0.800. The summed E-state index contributed by atoms with van der Waals surface area (Å²) in [6.45, 7) is 3.98. The van der Waals surface area contributed by atoms with E-state index in [0.29, 0.717) is 19.7 Å². The molecule has 1 fully saturated rings. The molecule has 0 aromatic carbocycles. The molecule has 16 heavy (non-hydrogen) atoms. The van der Waals surface area contributed by atoms with E-state index < -0.39 is 5.97 Å². The number of aliphatic carboxylic acids is 1. The Labute approximate surface area is 94.6 Å². The van der Waals surface area contributed by atoms with Gasteiger partial charge < -0.3 is 20.1 Å². The fourth-order valence-corrected chi connectivity index (χ4v) is 1.61. The van der Waals surface area contributed by atoms with E-state index in [1.165, 1.54) is 4.90 Å². The summed E-state index contributed by atoms with van der Waals surface area (Å²) in [4.78, 5) is 23.6. The molecular formula is C10H18N2O4. The van der Waals surface area contributed by atoms with Crippen LogP contribution in [0.4, 0.5) is 0 Å². The smallest absolute Gasteiger partial charge is 0.323 e. The molecule has 1 aliphatic heterocycles. The van der Waals surface area contributed by atoms with Gasteiger partial charge in [-0.3, -0.25) is 9.59 Å². The molecule has 0 saturated carbocycles. The molecule has 1 amide bonds. The molecule has 0 radical (unpaired) electrons. The van der Waals surface area contributed by atoms with Crippen molar-refractivity contribution in [1.29, 1.82) is 0 Å². The highest BCUT2D eigenvalue weighted by molar-refractivity contribution is 5.81. The van der Waals surface area contributed by atoms with Gasteiger partial charge in [0.1, 0.15) is 6.54 Å². The first-order valence-electron chi connectivity index (χ1n) is 5.45. The second-order valence-corrected chi connectivity index (χ2v) is 3.70. The minimum absolute atomic E-state index is 0.135. The molecule has 0 aromatic rings. The van der Waals surface area contributed by atoms with E-state index in [-0.39, 0.29) is 25.0 Å². The Bertz CT molecular complexity index is 251. The van der Waals surface area contributed by atoms with Gasteiger partial charge >= 0.3 is 5.97 Å². The number of carbonyl (C=O) groups is 2. The van der Waals surface area contributed by atoms with Gasteiger partial charge in [0.2, 0.25) is 5.91 Å².